The van der Waals surface area contributed by atoms with Crippen LogP contribution in [0.4, 0.5) is 4.79 Å². The maximum atomic E-state index is 11.6. The Balaban J connectivity index is 0. The molecule has 5 nitrogen and oxygen atoms in total. The summed E-state index contributed by atoms with van der Waals surface area (Å²) in [5, 5.41) is 8.88. The van der Waals surface area contributed by atoms with Crippen LogP contribution in [0.3, 0.4) is 0 Å². The van der Waals surface area contributed by atoms with E-state index in [1.54, 1.807) is 20.8 Å². The summed E-state index contributed by atoms with van der Waals surface area (Å²) in [5.74, 6) is -0.960. The van der Waals surface area contributed by atoms with Crippen molar-refractivity contribution >= 4 is 12.1 Å². The van der Waals surface area contributed by atoms with Gasteiger partial charge in [0.25, 0.3) is 0 Å². The highest BCUT2D eigenvalue weighted by Gasteiger charge is 2.36. The number of amides is 1. The second-order valence-electron chi connectivity index (χ2n) is 4.67. The highest BCUT2D eigenvalue weighted by molar-refractivity contribution is 5.80. The number of ether oxygens (including phenoxy) is 1. The van der Waals surface area contributed by atoms with Crippen molar-refractivity contribution in [2.24, 2.45) is 0 Å². The van der Waals surface area contributed by atoms with E-state index in [0.717, 1.165) is 6.42 Å². The molecule has 1 heterocycles. The number of hydrogen-bond acceptors (Lipinski definition) is 3. The number of hydrogen-bond donors (Lipinski definition) is 1. The first-order valence-corrected chi connectivity index (χ1v) is 7.04. The van der Waals surface area contributed by atoms with Gasteiger partial charge in [-0.15, -0.1) is 0 Å². The molecule has 1 saturated heterocycles. The number of carboxylic acid groups (broad SMARTS) is 1. The molecule has 0 aromatic carbocycles. The van der Waals surface area contributed by atoms with Crippen LogP contribution < -0.4 is 0 Å². The first kappa shape index (κ1) is 20.1. The lowest BCUT2D eigenvalue weighted by Crippen LogP contribution is -2.43. The van der Waals surface area contributed by atoms with Gasteiger partial charge in [-0.05, 0) is 33.6 Å². The Morgan fingerprint density at radius 1 is 1.16 bits per heavy atom. The Morgan fingerprint density at radius 2 is 1.63 bits per heavy atom. The first-order valence-electron chi connectivity index (χ1n) is 7.04. The molecule has 0 aromatic heterocycles. The highest BCUT2D eigenvalue weighted by atomic mass is 16.6. The van der Waals surface area contributed by atoms with Crippen LogP contribution in [0.2, 0.25) is 0 Å². The fourth-order valence-electron chi connectivity index (χ4n) is 1.56. The van der Waals surface area contributed by atoms with Crippen LogP contribution in [0.1, 0.15) is 61.3 Å². The molecule has 0 radical (unpaired) electrons. The molecule has 1 amide bonds. The Bertz CT molecular complexity index is 271. The van der Waals surface area contributed by atoms with Crippen molar-refractivity contribution in [3.63, 3.8) is 0 Å². The Morgan fingerprint density at radius 3 is 2.00 bits per heavy atom. The van der Waals surface area contributed by atoms with Crippen LogP contribution in [0, 0.1) is 0 Å². The number of nitrogens with zero attached hydrogens (tertiary/aromatic N) is 1. The van der Waals surface area contributed by atoms with Gasteiger partial charge in [-0.3, -0.25) is 4.90 Å². The molecule has 1 fully saturated rings. The molecule has 0 aromatic rings. The van der Waals surface area contributed by atoms with Crippen LogP contribution in [0.25, 0.3) is 0 Å². The molecule has 0 saturated carbocycles. The summed E-state index contributed by atoms with van der Waals surface area (Å²) in [5.41, 5.74) is -0.581. The van der Waals surface area contributed by atoms with Crippen molar-refractivity contribution in [3.8, 4) is 0 Å². The minimum atomic E-state index is -0.960. The van der Waals surface area contributed by atoms with Gasteiger partial charge >= 0.3 is 12.1 Å². The number of carbonyl (C=O) groups excluding carboxylic acids is 1. The van der Waals surface area contributed by atoms with E-state index in [0.29, 0.717) is 13.0 Å². The summed E-state index contributed by atoms with van der Waals surface area (Å²) in [6.07, 6.45) is 0.692. The van der Waals surface area contributed by atoms with E-state index in [-0.39, 0.29) is 0 Å². The molecule has 1 atom stereocenters. The van der Waals surface area contributed by atoms with Crippen LogP contribution in [-0.2, 0) is 9.53 Å². The number of rotatable bonds is 1. The maximum absolute atomic E-state index is 11.6. The topological polar surface area (TPSA) is 66.8 Å². The standard InChI is InChI=1S/C10H17NO4.2C2H6/c1-10(2,3)15-9(14)11-6-4-5-7(11)8(12)13;2*1-2/h7H,4-6H2,1-3H3,(H,12,13);2*1-2H3. The second-order valence-corrected chi connectivity index (χ2v) is 4.67. The smallest absolute Gasteiger partial charge is 0.411 e. The number of carboxylic acids is 1. The Labute approximate surface area is 116 Å². The Hall–Kier alpha value is -1.26. The molecule has 19 heavy (non-hydrogen) atoms. The van der Waals surface area contributed by atoms with E-state index >= 15 is 0 Å². The van der Waals surface area contributed by atoms with E-state index in [1.165, 1.54) is 4.90 Å². The molecule has 5 heteroatoms. The fourth-order valence-corrected chi connectivity index (χ4v) is 1.56. The summed E-state index contributed by atoms with van der Waals surface area (Å²) < 4.78 is 5.13. The summed E-state index contributed by atoms with van der Waals surface area (Å²) in [4.78, 5) is 23.7. The zero-order valence-corrected chi connectivity index (χ0v) is 13.3. The van der Waals surface area contributed by atoms with Gasteiger partial charge < -0.3 is 9.84 Å². The maximum Gasteiger partial charge on any atom is 0.411 e. The van der Waals surface area contributed by atoms with Crippen LogP contribution in [0.15, 0.2) is 0 Å². The van der Waals surface area contributed by atoms with Crippen molar-refractivity contribution in [3.05, 3.63) is 0 Å². The average Bonchev–Trinajstić information content (AvgIpc) is 2.81. The molecule has 0 spiro atoms. The van der Waals surface area contributed by atoms with Crippen LogP contribution >= 0.6 is 0 Å². The van der Waals surface area contributed by atoms with E-state index in [2.05, 4.69) is 0 Å². The highest BCUT2D eigenvalue weighted by Crippen LogP contribution is 2.20. The SMILES string of the molecule is CC.CC.CC(C)(C)OC(=O)N1CCCC1C(=O)O. The molecule has 0 aliphatic carbocycles. The molecule has 114 valence electrons. The molecule has 1 N–H and O–H groups in total. The van der Waals surface area contributed by atoms with Gasteiger partial charge in [-0.25, -0.2) is 9.59 Å². The predicted molar refractivity (Wildman–Crippen MR) is 76.3 cm³/mol. The van der Waals surface area contributed by atoms with Gasteiger partial charge in [-0.1, -0.05) is 27.7 Å². The minimum absolute atomic E-state index is 0.464. The minimum Gasteiger partial charge on any atom is -0.480 e. The second kappa shape index (κ2) is 9.64. The number of likely N-dealkylation sites (tertiary alicyclic amines) is 1. The van der Waals surface area contributed by atoms with E-state index in [1.807, 2.05) is 27.7 Å². The van der Waals surface area contributed by atoms with Gasteiger partial charge in [0.05, 0.1) is 0 Å². The lowest BCUT2D eigenvalue weighted by atomic mass is 10.2. The van der Waals surface area contributed by atoms with Crippen molar-refractivity contribution in [2.45, 2.75) is 73.0 Å². The van der Waals surface area contributed by atoms with E-state index in [4.69, 9.17) is 9.84 Å². The quantitative estimate of drug-likeness (QED) is 0.795. The summed E-state index contributed by atoms with van der Waals surface area (Å²) in [6, 6.07) is -0.722. The zero-order chi connectivity index (χ0) is 15.6. The van der Waals surface area contributed by atoms with Crippen molar-refractivity contribution in [2.75, 3.05) is 6.54 Å². The first-order chi connectivity index (χ1) is 8.81. The van der Waals surface area contributed by atoms with Crippen molar-refractivity contribution in [1.29, 1.82) is 0 Å². The van der Waals surface area contributed by atoms with Crippen LogP contribution in [0.5, 0.6) is 0 Å². The third kappa shape index (κ3) is 7.70. The fraction of sp³-hybridized carbons (Fsp3) is 0.857. The number of aliphatic carboxylic acids is 1. The zero-order valence-electron chi connectivity index (χ0n) is 13.3. The molecule has 1 aliphatic rings. The molecule has 1 rings (SSSR count). The normalized spacial score (nSPS) is 17.6. The lowest BCUT2D eigenvalue weighted by Gasteiger charge is -2.26. The average molecular weight is 275 g/mol. The van der Waals surface area contributed by atoms with Crippen molar-refractivity contribution < 1.29 is 19.4 Å². The molecule has 1 unspecified atom stereocenters. The Kier molecular flexibility index (Phi) is 10.2. The third-order valence-corrected chi connectivity index (χ3v) is 2.17. The van der Waals surface area contributed by atoms with E-state index < -0.39 is 23.7 Å². The van der Waals surface area contributed by atoms with Gasteiger partial charge in [0.15, 0.2) is 0 Å². The molecule has 0 bridgehead atoms. The lowest BCUT2D eigenvalue weighted by molar-refractivity contribution is -0.142. The van der Waals surface area contributed by atoms with Crippen LogP contribution in [-0.4, -0.2) is 40.3 Å². The van der Waals surface area contributed by atoms with Gasteiger partial charge in [0.2, 0.25) is 0 Å². The van der Waals surface area contributed by atoms with E-state index in [9.17, 15) is 9.59 Å². The monoisotopic (exact) mass is 275 g/mol. The summed E-state index contributed by atoms with van der Waals surface area (Å²) in [6.45, 7) is 13.7. The number of carbonyl (C=O) groups is 2. The largest absolute Gasteiger partial charge is 0.480 e. The molecular weight excluding hydrogens is 246 g/mol. The molecular formula is C14H29NO4. The third-order valence-electron chi connectivity index (χ3n) is 2.17. The van der Waals surface area contributed by atoms with Crippen molar-refractivity contribution in [1.82, 2.24) is 4.90 Å². The van der Waals surface area contributed by atoms with Gasteiger partial charge in [0.1, 0.15) is 11.6 Å². The predicted octanol–water partition coefficient (Wildman–Crippen LogP) is 3.52. The summed E-state index contributed by atoms with van der Waals surface area (Å²) in [7, 11) is 0. The molecule has 1 aliphatic heterocycles. The van der Waals surface area contributed by atoms with Gasteiger partial charge in [-0.2, -0.15) is 0 Å². The van der Waals surface area contributed by atoms with Gasteiger partial charge in [0, 0.05) is 6.54 Å². The summed E-state index contributed by atoms with van der Waals surface area (Å²) >= 11 is 0.